The van der Waals surface area contributed by atoms with Crippen LogP contribution in [0, 0.1) is 0 Å². The van der Waals surface area contributed by atoms with Gasteiger partial charge in [-0.2, -0.15) is 0 Å². The zero-order valence-corrected chi connectivity index (χ0v) is 6.14. The molecule has 0 saturated carbocycles. The summed E-state index contributed by atoms with van der Waals surface area (Å²) in [4.78, 5) is 0. The van der Waals surface area contributed by atoms with Gasteiger partial charge in [-0.25, -0.2) is 0 Å². The minimum absolute atomic E-state index is 0.339. The Morgan fingerprint density at radius 1 is 1.58 bits per heavy atom. The van der Waals surface area contributed by atoms with Gasteiger partial charge in [-0.3, -0.25) is 15.4 Å². The van der Waals surface area contributed by atoms with Crippen LogP contribution in [-0.4, -0.2) is 20.6 Å². The fraction of sp³-hybridized carbons (Fsp3) is 0.167. The van der Waals surface area contributed by atoms with Crippen molar-refractivity contribution >= 4 is 5.95 Å². The van der Waals surface area contributed by atoms with Crippen LogP contribution in [0.15, 0.2) is 22.8 Å². The average Bonchev–Trinajstić information content (AvgIpc) is 2.74. The smallest absolute Gasteiger partial charge is 0.110 e. The van der Waals surface area contributed by atoms with Crippen molar-refractivity contribution in [3.63, 3.8) is 0 Å². The van der Waals surface area contributed by atoms with Crippen LogP contribution in [0.4, 0.5) is 5.95 Å². The second-order valence-electron chi connectivity index (χ2n) is 2.11. The first-order valence-electron chi connectivity index (χ1n) is 3.38. The van der Waals surface area contributed by atoms with Gasteiger partial charge < -0.3 is 9.73 Å². The molecule has 12 heavy (non-hydrogen) atoms. The molecule has 0 unspecified atom stereocenters. The van der Waals surface area contributed by atoms with Gasteiger partial charge in [-0.1, -0.05) is 0 Å². The zero-order valence-electron chi connectivity index (χ0n) is 6.14. The molecule has 0 bridgehead atoms. The van der Waals surface area contributed by atoms with Gasteiger partial charge in [0.05, 0.1) is 12.2 Å². The number of nitrogens with one attached hydrogen (secondary N) is 1. The fourth-order valence-electron chi connectivity index (χ4n) is 0.775. The van der Waals surface area contributed by atoms with Gasteiger partial charge in [0.2, 0.25) is 0 Å². The van der Waals surface area contributed by atoms with Crippen molar-refractivity contribution in [2.45, 2.75) is 6.54 Å². The minimum atomic E-state index is 0.339. The maximum atomic E-state index is 5.05. The predicted molar refractivity (Wildman–Crippen MR) is 39.6 cm³/mol. The number of aromatic amines is 1. The molecule has 0 aliphatic carbocycles. The van der Waals surface area contributed by atoms with E-state index in [4.69, 9.17) is 4.42 Å². The summed E-state index contributed by atoms with van der Waals surface area (Å²) in [7, 11) is 0. The number of nitrogens with zero attached hydrogens (tertiary/aromatic N) is 4. The molecule has 6 heteroatoms. The molecule has 2 rings (SSSR count). The van der Waals surface area contributed by atoms with Crippen molar-refractivity contribution < 1.29 is 4.42 Å². The van der Waals surface area contributed by atoms with Crippen molar-refractivity contribution in [3.05, 3.63) is 29.5 Å². The monoisotopic (exact) mass is 164 g/mol. The Labute approximate surface area is 68.0 Å². The Morgan fingerprint density at radius 3 is 3.25 bits per heavy atom. The topological polar surface area (TPSA) is 81.7 Å². The zero-order chi connectivity index (χ0) is 8.23. The number of hydrogen-bond donors (Lipinski definition) is 1. The number of aromatic nitrogens is 4. The van der Waals surface area contributed by atoms with E-state index < -0.39 is 0 Å². The highest BCUT2D eigenvalue weighted by atomic mass is 16.3. The molecule has 0 amide bonds. The first-order valence-corrected chi connectivity index (χ1v) is 3.38. The number of H-pyrrole nitrogens is 1. The molecule has 0 aliphatic heterocycles. The van der Waals surface area contributed by atoms with E-state index in [-0.39, 0.29) is 0 Å². The molecule has 0 saturated heterocycles. The third kappa shape index (κ3) is 1.42. The summed E-state index contributed by atoms with van der Waals surface area (Å²) in [6, 6.07) is 3.64. The van der Waals surface area contributed by atoms with Crippen molar-refractivity contribution in [3.8, 4) is 0 Å². The van der Waals surface area contributed by atoms with Crippen LogP contribution in [0.3, 0.4) is 0 Å². The Hall–Kier alpha value is -1.85. The van der Waals surface area contributed by atoms with Gasteiger partial charge in [0.15, 0.2) is 0 Å². The third-order valence-electron chi connectivity index (χ3n) is 1.29. The van der Waals surface area contributed by atoms with E-state index in [9.17, 15) is 0 Å². The first-order chi connectivity index (χ1) is 5.95. The molecule has 0 aliphatic rings. The number of tetrazole rings is 1. The van der Waals surface area contributed by atoms with E-state index >= 15 is 0 Å². The molecule has 1 N–H and O–H groups in total. The van der Waals surface area contributed by atoms with E-state index in [0.29, 0.717) is 12.5 Å². The van der Waals surface area contributed by atoms with Crippen LogP contribution in [0.5, 0.6) is 0 Å². The van der Waals surface area contributed by atoms with Crippen LogP contribution >= 0.6 is 0 Å². The highest BCUT2D eigenvalue weighted by molar-refractivity contribution is 5.28. The molecule has 0 atom stereocenters. The molecule has 2 aromatic heterocycles. The highest BCUT2D eigenvalue weighted by Crippen LogP contribution is 2.13. The van der Waals surface area contributed by atoms with Gasteiger partial charge in [0, 0.05) is 6.54 Å². The molecule has 0 fully saturated rings. The van der Waals surface area contributed by atoms with Crippen molar-refractivity contribution in [2.75, 3.05) is 0 Å². The Bertz CT molecular complexity index is 279. The van der Waals surface area contributed by atoms with E-state index in [0.717, 1.165) is 5.76 Å². The van der Waals surface area contributed by atoms with Gasteiger partial charge in [-0.05, 0) is 12.1 Å². The molecule has 0 radical (unpaired) electrons. The maximum Gasteiger partial charge on any atom is 0.110 e. The number of furan rings is 1. The minimum Gasteiger partial charge on any atom is -0.469 e. The van der Waals surface area contributed by atoms with Crippen LogP contribution < -0.4 is 0 Å². The molecule has 2 heterocycles. The predicted octanol–water partition coefficient (Wildman–Crippen LogP) is 0.998. The lowest BCUT2D eigenvalue weighted by molar-refractivity contribution is 0.521. The van der Waals surface area contributed by atoms with Crippen LogP contribution in [0.2, 0.25) is 0 Å². The molecular weight excluding hydrogens is 158 g/mol. The fourth-order valence-corrected chi connectivity index (χ4v) is 0.775. The number of hydrogen-bond acceptors (Lipinski definition) is 4. The summed E-state index contributed by atoms with van der Waals surface area (Å²) in [5, 5.41) is 17.0. The summed E-state index contributed by atoms with van der Waals surface area (Å²) in [6.07, 6.45) is 1.60. The van der Waals surface area contributed by atoms with E-state index in [1.165, 1.54) is 0 Å². The lowest BCUT2D eigenvalue weighted by Crippen LogP contribution is -1.78. The van der Waals surface area contributed by atoms with Crippen molar-refractivity contribution in [2.24, 2.45) is 0 Å². The van der Waals surface area contributed by atoms with Crippen LogP contribution in [0.1, 0.15) is 5.76 Å². The van der Waals surface area contributed by atoms with Crippen LogP contribution in [0.25, 0.3) is 5.32 Å². The second-order valence-corrected chi connectivity index (χ2v) is 2.11. The summed E-state index contributed by atoms with van der Waals surface area (Å²) in [5.74, 6) is 1.12. The standard InChI is InChI=1S/C6H6N5O/c1-2-5(12-3-1)4-7-6-8-10-11-9-6/h1-3H,4H2,(H-,7,8,9,10,11)/q-1. The third-order valence-corrected chi connectivity index (χ3v) is 1.29. The van der Waals surface area contributed by atoms with E-state index in [1.54, 1.807) is 12.3 Å². The Morgan fingerprint density at radius 2 is 2.58 bits per heavy atom. The molecule has 0 spiro atoms. The lowest BCUT2D eigenvalue weighted by Gasteiger charge is -2.02. The highest BCUT2D eigenvalue weighted by Gasteiger charge is 1.91. The van der Waals surface area contributed by atoms with Gasteiger partial charge >= 0.3 is 0 Å². The van der Waals surface area contributed by atoms with Gasteiger partial charge in [0.1, 0.15) is 5.76 Å². The Balaban J connectivity index is 1.91. The average molecular weight is 164 g/mol. The van der Waals surface area contributed by atoms with Gasteiger partial charge in [0.25, 0.3) is 0 Å². The lowest BCUT2D eigenvalue weighted by atomic mass is 10.4. The van der Waals surface area contributed by atoms with Crippen molar-refractivity contribution in [1.29, 1.82) is 0 Å². The molecule has 0 aromatic carbocycles. The quantitative estimate of drug-likeness (QED) is 0.733. The summed E-state index contributed by atoms with van der Waals surface area (Å²) in [6.45, 7) is 0.437. The summed E-state index contributed by atoms with van der Waals surface area (Å²) in [5.41, 5.74) is 0. The summed E-state index contributed by atoms with van der Waals surface area (Å²) < 4.78 is 5.05. The Kier molecular flexibility index (Phi) is 1.73. The van der Waals surface area contributed by atoms with Crippen molar-refractivity contribution in [1.82, 2.24) is 20.6 Å². The normalized spacial score (nSPS) is 10.0. The van der Waals surface area contributed by atoms with Crippen LogP contribution in [-0.2, 0) is 6.54 Å². The maximum absolute atomic E-state index is 5.05. The molecule has 62 valence electrons. The van der Waals surface area contributed by atoms with E-state index in [1.807, 2.05) is 6.07 Å². The molecule has 6 nitrogen and oxygen atoms in total. The summed E-state index contributed by atoms with van der Waals surface area (Å²) >= 11 is 0. The van der Waals surface area contributed by atoms with E-state index in [2.05, 4.69) is 25.9 Å². The first kappa shape index (κ1) is 6.84. The number of rotatable bonds is 3. The largest absolute Gasteiger partial charge is 0.469 e. The second kappa shape index (κ2) is 3.04. The SMILES string of the molecule is c1coc(C[N-]c2nn[nH]n2)c1. The molecule has 2 aromatic rings. The van der Waals surface area contributed by atoms with Gasteiger partial charge in [-0.15, -0.1) is 5.21 Å². The molecular formula is C6H6N5O-.